The van der Waals surface area contributed by atoms with Gasteiger partial charge >= 0.3 is 0 Å². The second kappa shape index (κ2) is 28.8. The molecule has 0 saturated carbocycles. The molecular weight excluding hydrogens is 672 g/mol. The fourth-order valence-corrected chi connectivity index (χ4v) is 4.72. The van der Waals surface area contributed by atoms with Gasteiger partial charge in [-0.2, -0.15) is 0 Å². The van der Waals surface area contributed by atoms with Crippen LogP contribution < -0.4 is 0 Å². The molecule has 51 heavy (non-hydrogen) atoms. The number of nitrogens with zero attached hydrogens (tertiary/aromatic N) is 2. The van der Waals surface area contributed by atoms with Gasteiger partial charge in [-0.3, -0.25) is 9.80 Å². The Kier molecular flexibility index (Phi) is 24.3. The van der Waals surface area contributed by atoms with Gasteiger partial charge in [-0.25, -0.2) is 0 Å². The van der Waals surface area contributed by atoms with Gasteiger partial charge in [-0.1, -0.05) is 0 Å². The maximum atomic E-state index is 6.11. The molecular formula is C35H66N2O14. The summed E-state index contributed by atoms with van der Waals surface area (Å²) in [7, 11) is 0. The summed E-state index contributed by atoms with van der Waals surface area (Å²) in [4.78, 5) is 4.60. The van der Waals surface area contributed by atoms with E-state index in [1.54, 1.807) is 0 Å². The van der Waals surface area contributed by atoms with Crippen LogP contribution >= 0.6 is 0 Å². The summed E-state index contributed by atoms with van der Waals surface area (Å²) in [5, 5.41) is 0. The lowest BCUT2D eigenvalue weighted by atomic mass is 10.4. The predicted molar refractivity (Wildman–Crippen MR) is 185 cm³/mol. The van der Waals surface area contributed by atoms with Crippen molar-refractivity contribution in [2.24, 2.45) is 0 Å². The minimum absolute atomic E-state index is 0.0262. The smallest absolute Gasteiger partial charge is 0.104 e. The molecule has 0 aromatic rings. The molecule has 4 aliphatic rings. The molecule has 0 spiro atoms. The van der Waals surface area contributed by atoms with Crippen LogP contribution in [0.2, 0.25) is 0 Å². The number of epoxide rings is 4. The highest BCUT2D eigenvalue weighted by molar-refractivity contribution is 4.69. The second-order valence-electron chi connectivity index (χ2n) is 13.0. The van der Waals surface area contributed by atoms with E-state index in [1.807, 2.05) is 6.92 Å². The summed E-state index contributed by atoms with van der Waals surface area (Å²) in [6.45, 7) is 21.3. The summed E-state index contributed by atoms with van der Waals surface area (Å²) in [6.07, 6.45) is 1.08. The molecule has 16 nitrogen and oxygen atoms in total. The molecule has 300 valence electrons. The lowest BCUT2D eigenvalue weighted by molar-refractivity contribution is -0.0266. The first-order chi connectivity index (χ1) is 25.2. The summed E-state index contributed by atoms with van der Waals surface area (Å²) in [5.41, 5.74) is 0. The highest BCUT2D eigenvalue weighted by atomic mass is 16.6. The van der Waals surface area contributed by atoms with E-state index in [0.29, 0.717) is 126 Å². The van der Waals surface area contributed by atoms with Gasteiger partial charge in [-0.15, -0.1) is 0 Å². The van der Waals surface area contributed by atoms with Gasteiger partial charge in [-0.05, 0) is 6.92 Å². The van der Waals surface area contributed by atoms with E-state index >= 15 is 0 Å². The predicted octanol–water partition coefficient (Wildman–Crippen LogP) is -0.260. The first kappa shape index (κ1) is 43.1. The van der Waals surface area contributed by atoms with E-state index in [0.717, 1.165) is 65.7 Å². The molecule has 5 unspecified atom stereocenters. The number of rotatable bonds is 41. The van der Waals surface area contributed by atoms with Crippen LogP contribution in [0.3, 0.4) is 0 Å². The molecule has 0 radical (unpaired) electrons. The third-order valence-electron chi connectivity index (χ3n) is 8.23. The normalized spacial score (nSPS) is 22.6. The van der Waals surface area contributed by atoms with Crippen LogP contribution in [-0.2, 0) is 66.3 Å². The molecule has 4 heterocycles. The third kappa shape index (κ3) is 26.7. The fourth-order valence-electron chi connectivity index (χ4n) is 4.72. The average Bonchev–Trinajstić information content (AvgIpc) is 3.91. The van der Waals surface area contributed by atoms with Crippen LogP contribution in [0.15, 0.2) is 0 Å². The number of hydrogen-bond donors (Lipinski definition) is 0. The molecule has 5 atom stereocenters. The molecule has 0 aliphatic carbocycles. The largest absolute Gasteiger partial charge is 0.378 e. The second-order valence-corrected chi connectivity index (χ2v) is 13.0. The molecule has 0 aromatic carbocycles. The van der Waals surface area contributed by atoms with Crippen molar-refractivity contribution in [1.82, 2.24) is 9.80 Å². The average molecular weight is 739 g/mol. The van der Waals surface area contributed by atoms with Crippen LogP contribution in [0.1, 0.15) is 6.92 Å². The van der Waals surface area contributed by atoms with E-state index in [1.165, 1.54) is 0 Å². The minimum atomic E-state index is -0.0262. The minimum Gasteiger partial charge on any atom is -0.378 e. The lowest BCUT2D eigenvalue weighted by Crippen LogP contribution is -2.36. The van der Waals surface area contributed by atoms with Crippen molar-refractivity contribution < 1.29 is 66.3 Å². The Morgan fingerprint density at radius 1 is 0.392 bits per heavy atom. The van der Waals surface area contributed by atoms with Crippen LogP contribution in [-0.4, -0.2) is 232 Å². The Balaban J connectivity index is 1.02. The van der Waals surface area contributed by atoms with Crippen LogP contribution in [0.4, 0.5) is 0 Å². The summed E-state index contributed by atoms with van der Waals surface area (Å²) in [6, 6.07) is 0. The summed E-state index contributed by atoms with van der Waals surface area (Å²) < 4.78 is 78.2. The van der Waals surface area contributed by atoms with Crippen molar-refractivity contribution in [2.75, 3.05) is 191 Å². The van der Waals surface area contributed by atoms with Crippen molar-refractivity contribution in [3.63, 3.8) is 0 Å². The van der Waals surface area contributed by atoms with Crippen molar-refractivity contribution in [3.05, 3.63) is 0 Å². The molecule has 0 aromatic heterocycles. The first-order valence-corrected chi connectivity index (χ1v) is 19.0. The third-order valence-corrected chi connectivity index (χ3v) is 8.23. The lowest BCUT2D eigenvalue weighted by Gasteiger charge is -2.24. The van der Waals surface area contributed by atoms with Gasteiger partial charge in [0, 0.05) is 39.3 Å². The molecule has 4 fully saturated rings. The van der Waals surface area contributed by atoms with Crippen LogP contribution in [0.5, 0.6) is 0 Å². The fraction of sp³-hybridized carbons (Fsp3) is 1.00. The molecule has 4 saturated heterocycles. The van der Waals surface area contributed by atoms with Gasteiger partial charge in [0.2, 0.25) is 0 Å². The van der Waals surface area contributed by atoms with Crippen molar-refractivity contribution in [2.45, 2.75) is 37.4 Å². The van der Waals surface area contributed by atoms with E-state index in [4.69, 9.17) is 66.3 Å². The van der Waals surface area contributed by atoms with Crippen molar-refractivity contribution in [1.29, 1.82) is 0 Å². The highest BCUT2D eigenvalue weighted by Gasteiger charge is 2.24. The number of hydrogen-bond acceptors (Lipinski definition) is 16. The topological polar surface area (TPSA) is 149 Å². The Labute approximate surface area is 304 Å². The van der Waals surface area contributed by atoms with E-state index in [2.05, 4.69) is 9.80 Å². The number of ether oxygens (including phenoxy) is 14. The Morgan fingerprint density at radius 3 is 0.980 bits per heavy atom. The van der Waals surface area contributed by atoms with Crippen LogP contribution in [0, 0.1) is 0 Å². The molecule has 0 N–H and O–H groups in total. The quantitative estimate of drug-likeness (QED) is 0.0599. The molecule has 0 bridgehead atoms. The SMILES string of the molecule is CC(COCCN(CCOCCOCC1CO1)CCOCCOCC1CO1)OCCN(CCOCCOCC1CO1)CCOCCOCC1CO1. The van der Waals surface area contributed by atoms with Gasteiger partial charge in [0.05, 0.1) is 158 Å². The standard InChI is InChI=1S/C35H66N2O14/c1-31(47-13-7-37(4-10-40-16-20-45-25-34-29-50-34)5-11-41-17-21-46-26-35-30-51-35)22-42-12-6-36(2-8-38-14-18-43-23-32-27-48-32)3-9-39-15-19-44-24-33-28-49-33/h31-35H,2-30H2,1H3. The van der Waals surface area contributed by atoms with Crippen LogP contribution in [0.25, 0.3) is 0 Å². The zero-order chi connectivity index (χ0) is 35.4. The van der Waals surface area contributed by atoms with Gasteiger partial charge in [0.25, 0.3) is 0 Å². The zero-order valence-corrected chi connectivity index (χ0v) is 31.0. The molecule has 0 amide bonds. The highest BCUT2D eigenvalue weighted by Crippen LogP contribution is 2.10. The Bertz CT molecular complexity index is 754. The van der Waals surface area contributed by atoms with E-state index < -0.39 is 0 Å². The molecule has 4 rings (SSSR count). The van der Waals surface area contributed by atoms with Gasteiger partial charge in [0.15, 0.2) is 0 Å². The maximum absolute atomic E-state index is 6.11. The molecule has 4 aliphatic heterocycles. The van der Waals surface area contributed by atoms with E-state index in [-0.39, 0.29) is 30.5 Å². The van der Waals surface area contributed by atoms with Gasteiger partial charge < -0.3 is 66.3 Å². The monoisotopic (exact) mass is 738 g/mol. The van der Waals surface area contributed by atoms with Crippen molar-refractivity contribution in [3.8, 4) is 0 Å². The Hall–Kier alpha value is -0.640. The van der Waals surface area contributed by atoms with Gasteiger partial charge in [0.1, 0.15) is 24.4 Å². The summed E-state index contributed by atoms with van der Waals surface area (Å²) >= 11 is 0. The van der Waals surface area contributed by atoms with E-state index in [9.17, 15) is 0 Å². The molecule has 16 heteroatoms. The zero-order valence-electron chi connectivity index (χ0n) is 31.0. The summed E-state index contributed by atoms with van der Waals surface area (Å²) in [5.74, 6) is 0. The first-order valence-electron chi connectivity index (χ1n) is 19.0. The van der Waals surface area contributed by atoms with Crippen molar-refractivity contribution >= 4 is 0 Å². The Morgan fingerprint density at radius 2 is 0.667 bits per heavy atom. The maximum Gasteiger partial charge on any atom is 0.104 e.